The molecule has 2 N–H and O–H groups in total. The summed E-state index contributed by atoms with van der Waals surface area (Å²) in [4.78, 5) is 11.7. The Morgan fingerprint density at radius 3 is 2.67 bits per heavy atom. The van der Waals surface area contributed by atoms with E-state index in [0.717, 1.165) is 16.7 Å². The molecule has 0 aromatic heterocycles. The number of carbonyl (C=O) groups excluding carboxylic acids is 1. The minimum atomic E-state index is -4.21. The maximum Gasteiger partial charge on any atom is 0.306 e. The number of hydrogen-bond donors (Lipinski definition) is 2. The van der Waals surface area contributed by atoms with Crippen molar-refractivity contribution in [2.45, 2.75) is 63.9 Å². The first-order valence-electron chi connectivity index (χ1n) is 12.0. The first kappa shape index (κ1) is 28.0. The average Bonchev–Trinajstić information content (AvgIpc) is 2.85. The number of piperidine rings is 1. The van der Waals surface area contributed by atoms with E-state index in [-0.39, 0.29) is 25.4 Å². The van der Waals surface area contributed by atoms with Crippen molar-refractivity contribution in [2.24, 2.45) is 0 Å². The number of ether oxygens (including phenoxy) is 2. The lowest BCUT2D eigenvalue weighted by Crippen LogP contribution is -2.59. The summed E-state index contributed by atoms with van der Waals surface area (Å²) in [5, 5.41) is 3.17. The van der Waals surface area contributed by atoms with Crippen molar-refractivity contribution in [3.05, 3.63) is 54.1 Å². The van der Waals surface area contributed by atoms with Crippen LogP contribution in [0.5, 0.6) is 5.75 Å². The van der Waals surface area contributed by atoms with Crippen LogP contribution in [0.3, 0.4) is 0 Å². The van der Waals surface area contributed by atoms with Crippen molar-refractivity contribution in [3.8, 4) is 16.9 Å². The highest BCUT2D eigenvalue weighted by molar-refractivity contribution is 7.89. The maximum atomic E-state index is 14.6. The van der Waals surface area contributed by atoms with E-state index in [2.05, 4.69) is 10.0 Å². The molecule has 1 saturated heterocycles. The van der Waals surface area contributed by atoms with Crippen LogP contribution in [0.25, 0.3) is 11.1 Å². The molecule has 198 valence electrons. The molecule has 3 atom stereocenters. The van der Waals surface area contributed by atoms with Gasteiger partial charge in [0.2, 0.25) is 16.0 Å². The van der Waals surface area contributed by atoms with Gasteiger partial charge in [0, 0.05) is 18.0 Å². The third-order valence-electron chi connectivity index (χ3n) is 5.94. The highest BCUT2D eigenvalue weighted by Gasteiger charge is 2.36. The molecule has 0 amide bonds. The molecule has 2 aromatic rings. The van der Waals surface area contributed by atoms with Crippen LogP contribution in [0.1, 0.15) is 39.2 Å². The SMILES string of the molecule is CCC(=O)OC(C)(C)COc1ccccc1-c1cccc(CC2NCCC(F)C2NS(=O)(=O)CF)c1. The number of rotatable bonds is 11. The molecule has 0 spiro atoms. The van der Waals surface area contributed by atoms with Crippen LogP contribution in [0, 0.1) is 0 Å². The molecular formula is C26H34F2N2O5S. The first-order valence-corrected chi connectivity index (χ1v) is 13.6. The summed E-state index contributed by atoms with van der Waals surface area (Å²) in [6.45, 7) is 5.86. The van der Waals surface area contributed by atoms with Gasteiger partial charge in [-0.2, -0.15) is 0 Å². The number of para-hydroxylation sites is 1. The van der Waals surface area contributed by atoms with E-state index >= 15 is 0 Å². The predicted octanol–water partition coefficient (Wildman–Crippen LogP) is 3.92. The standard InChI is InChI=1S/C26H34F2N2O5S/c1-4-24(31)35-26(2,3)16-34-23-11-6-5-10-20(23)19-9-7-8-18(14-19)15-22-25(21(28)12-13-29-22)30-36(32,33)17-27/h5-11,14,21-22,25,29-30H,4,12-13,15-17H2,1-3H3. The number of sulfonamides is 1. The molecule has 7 nitrogen and oxygen atoms in total. The van der Waals surface area contributed by atoms with Crippen LogP contribution in [0.2, 0.25) is 0 Å². The highest BCUT2D eigenvalue weighted by Crippen LogP contribution is 2.32. The number of halogens is 2. The van der Waals surface area contributed by atoms with Gasteiger partial charge in [-0.3, -0.25) is 4.79 Å². The van der Waals surface area contributed by atoms with Crippen molar-refractivity contribution in [1.29, 1.82) is 0 Å². The van der Waals surface area contributed by atoms with Gasteiger partial charge in [0.1, 0.15) is 24.1 Å². The smallest absolute Gasteiger partial charge is 0.306 e. The third-order valence-corrected chi connectivity index (χ3v) is 6.86. The number of hydrogen-bond acceptors (Lipinski definition) is 6. The number of benzene rings is 2. The van der Waals surface area contributed by atoms with Gasteiger partial charge in [-0.25, -0.2) is 21.9 Å². The molecule has 3 rings (SSSR count). The van der Waals surface area contributed by atoms with Gasteiger partial charge >= 0.3 is 5.97 Å². The van der Waals surface area contributed by atoms with Gasteiger partial charge in [0.15, 0.2) is 0 Å². The lowest BCUT2D eigenvalue weighted by Gasteiger charge is -2.35. The topological polar surface area (TPSA) is 93.7 Å². The van der Waals surface area contributed by atoms with E-state index in [1.165, 1.54) is 0 Å². The fourth-order valence-corrected chi connectivity index (χ4v) is 4.96. The minimum absolute atomic E-state index is 0.143. The first-order chi connectivity index (χ1) is 17.0. The van der Waals surface area contributed by atoms with E-state index in [1.807, 2.05) is 48.5 Å². The van der Waals surface area contributed by atoms with E-state index in [0.29, 0.717) is 18.7 Å². The van der Waals surface area contributed by atoms with Gasteiger partial charge in [-0.05, 0) is 50.4 Å². The Hall–Kier alpha value is -2.56. The zero-order valence-electron chi connectivity index (χ0n) is 20.8. The molecule has 0 radical (unpaired) electrons. The van der Waals surface area contributed by atoms with Gasteiger partial charge < -0.3 is 14.8 Å². The molecule has 3 unspecified atom stereocenters. The maximum absolute atomic E-state index is 14.6. The molecule has 1 fully saturated rings. The minimum Gasteiger partial charge on any atom is -0.489 e. The van der Waals surface area contributed by atoms with Crippen LogP contribution in [-0.4, -0.2) is 57.4 Å². The lowest BCUT2D eigenvalue weighted by molar-refractivity contribution is -0.158. The Kier molecular flexibility index (Phi) is 9.43. The van der Waals surface area contributed by atoms with Gasteiger partial charge in [0.05, 0.1) is 6.04 Å². The van der Waals surface area contributed by atoms with Crippen molar-refractivity contribution < 1.29 is 31.5 Å². The fourth-order valence-electron chi connectivity index (χ4n) is 4.17. The quantitative estimate of drug-likeness (QED) is 0.433. The second kappa shape index (κ2) is 12.1. The molecule has 10 heteroatoms. The zero-order chi connectivity index (χ0) is 26.3. The van der Waals surface area contributed by atoms with Crippen LogP contribution < -0.4 is 14.8 Å². The molecule has 0 saturated carbocycles. The molecule has 0 bridgehead atoms. The van der Waals surface area contributed by atoms with E-state index < -0.39 is 39.9 Å². The van der Waals surface area contributed by atoms with Gasteiger partial charge in [0.25, 0.3) is 0 Å². The second-order valence-electron chi connectivity index (χ2n) is 9.51. The summed E-state index contributed by atoms with van der Waals surface area (Å²) < 4.78 is 64.7. The number of esters is 1. The number of carbonyl (C=O) groups is 1. The molecular weight excluding hydrogens is 490 g/mol. The van der Waals surface area contributed by atoms with Crippen molar-refractivity contribution in [3.63, 3.8) is 0 Å². The van der Waals surface area contributed by atoms with Crippen LogP contribution in [-0.2, 0) is 26.0 Å². The molecule has 2 aromatic carbocycles. The number of alkyl halides is 2. The highest BCUT2D eigenvalue weighted by atomic mass is 32.2. The molecule has 1 heterocycles. The van der Waals surface area contributed by atoms with E-state index in [9.17, 15) is 22.0 Å². The average molecular weight is 525 g/mol. The Bertz CT molecular complexity index is 1140. The summed E-state index contributed by atoms with van der Waals surface area (Å²) in [7, 11) is -4.21. The predicted molar refractivity (Wildman–Crippen MR) is 135 cm³/mol. The Labute approximate surface area is 211 Å². The van der Waals surface area contributed by atoms with Crippen molar-refractivity contribution in [1.82, 2.24) is 10.0 Å². The van der Waals surface area contributed by atoms with Crippen LogP contribution in [0.4, 0.5) is 8.78 Å². The third kappa shape index (κ3) is 7.72. The molecule has 0 aliphatic carbocycles. The van der Waals surface area contributed by atoms with Crippen molar-refractivity contribution in [2.75, 3.05) is 19.2 Å². The summed E-state index contributed by atoms with van der Waals surface area (Å²) in [5.41, 5.74) is 1.74. The normalized spacial score (nSPS) is 20.6. The summed E-state index contributed by atoms with van der Waals surface area (Å²) in [5.74, 6) is 0.312. The molecule has 1 aliphatic rings. The summed E-state index contributed by atoms with van der Waals surface area (Å²) >= 11 is 0. The summed E-state index contributed by atoms with van der Waals surface area (Å²) in [6.07, 6.45) is -0.649. The number of nitrogens with one attached hydrogen (secondary N) is 2. The van der Waals surface area contributed by atoms with Gasteiger partial charge in [-0.1, -0.05) is 49.4 Å². The largest absolute Gasteiger partial charge is 0.489 e. The zero-order valence-corrected chi connectivity index (χ0v) is 21.6. The lowest BCUT2D eigenvalue weighted by atomic mass is 9.91. The van der Waals surface area contributed by atoms with Gasteiger partial charge in [-0.15, -0.1) is 0 Å². The molecule has 1 aliphatic heterocycles. The Balaban J connectivity index is 1.78. The fraction of sp³-hybridized carbons (Fsp3) is 0.500. The second-order valence-corrected chi connectivity index (χ2v) is 11.2. The summed E-state index contributed by atoms with van der Waals surface area (Å²) in [6, 6.07) is 11.9. The van der Waals surface area contributed by atoms with E-state index in [1.54, 1.807) is 20.8 Å². The molecule has 36 heavy (non-hydrogen) atoms. The van der Waals surface area contributed by atoms with Crippen LogP contribution >= 0.6 is 0 Å². The monoisotopic (exact) mass is 524 g/mol. The van der Waals surface area contributed by atoms with Crippen molar-refractivity contribution >= 4 is 16.0 Å². The Morgan fingerprint density at radius 1 is 1.19 bits per heavy atom. The Morgan fingerprint density at radius 2 is 1.94 bits per heavy atom. The van der Waals surface area contributed by atoms with Crippen LogP contribution in [0.15, 0.2) is 48.5 Å². The van der Waals surface area contributed by atoms with E-state index in [4.69, 9.17) is 9.47 Å².